The first-order chi connectivity index (χ1) is 15.8. The van der Waals surface area contributed by atoms with E-state index in [9.17, 15) is 18.0 Å². The van der Waals surface area contributed by atoms with Gasteiger partial charge in [-0.15, -0.1) is 0 Å². The highest BCUT2D eigenvalue weighted by Gasteiger charge is 2.34. The van der Waals surface area contributed by atoms with Crippen LogP contribution in [0.1, 0.15) is 42.5 Å². The fraction of sp³-hybridized carbons (Fsp3) is 0.391. The Morgan fingerprint density at radius 3 is 2.33 bits per heavy atom. The molecule has 1 amide bonds. The minimum Gasteiger partial charge on any atom is -0.495 e. The van der Waals surface area contributed by atoms with E-state index < -0.39 is 21.9 Å². The van der Waals surface area contributed by atoms with Crippen LogP contribution in [0.5, 0.6) is 5.75 Å². The lowest BCUT2D eigenvalue weighted by Gasteiger charge is -2.33. The topological polar surface area (TPSA) is 102 Å². The van der Waals surface area contributed by atoms with Crippen LogP contribution in [0.15, 0.2) is 47.4 Å². The summed E-state index contributed by atoms with van der Waals surface area (Å²) < 4.78 is 38.2. The van der Waals surface area contributed by atoms with Crippen molar-refractivity contribution in [2.45, 2.75) is 43.0 Å². The number of benzene rings is 2. The number of nitrogens with zero attached hydrogens (tertiary/aromatic N) is 1. The van der Waals surface area contributed by atoms with Crippen molar-refractivity contribution in [2.24, 2.45) is 0 Å². The first kappa shape index (κ1) is 25.0. The molecule has 0 spiro atoms. The highest BCUT2D eigenvalue weighted by Crippen LogP contribution is 2.30. The number of carbonyl (C=O) groups excluding carboxylic acids is 2. The van der Waals surface area contributed by atoms with Crippen LogP contribution in [-0.4, -0.2) is 51.4 Å². The van der Waals surface area contributed by atoms with Crippen LogP contribution in [0.25, 0.3) is 0 Å². The quantitative estimate of drug-likeness (QED) is 0.554. The molecule has 0 heterocycles. The lowest BCUT2D eigenvalue weighted by molar-refractivity contribution is -0.116. The van der Waals surface area contributed by atoms with Gasteiger partial charge in [-0.2, -0.15) is 4.31 Å². The maximum Gasteiger partial charge on any atom is 0.337 e. The number of halogens is 1. The fourth-order valence-electron chi connectivity index (χ4n) is 3.90. The SMILES string of the molecule is COC(=O)c1ccc(S(=O)(=O)N(CC(=O)Nc2cc(Cl)ccc2OC)C2CCCCC2)cc1. The Morgan fingerprint density at radius 2 is 1.73 bits per heavy atom. The number of rotatable bonds is 8. The number of esters is 1. The van der Waals surface area contributed by atoms with Crippen molar-refractivity contribution in [3.63, 3.8) is 0 Å². The number of hydrogen-bond donors (Lipinski definition) is 1. The van der Waals surface area contributed by atoms with Gasteiger partial charge in [0.15, 0.2) is 0 Å². The Hall–Kier alpha value is -2.62. The molecule has 1 saturated carbocycles. The molecule has 1 aliphatic rings. The highest BCUT2D eigenvalue weighted by atomic mass is 35.5. The Balaban J connectivity index is 1.87. The maximum absolute atomic E-state index is 13.5. The average molecular weight is 495 g/mol. The summed E-state index contributed by atoms with van der Waals surface area (Å²) in [4.78, 5) is 24.6. The van der Waals surface area contributed by atoms with Gasteiger partial charge in [0.1, 0.15) is 5.75 Å². The van der Waals surface area contributed by atoms with Crippen LogP contribution in [-0.2, 0) is 19.6 Å². The van der Waals surface area contributed by atoms with Crippen LogP contribution in [0.3, 0.4) is 0 Å². The normalized spacial score (nSPS) is 14.7. The molecular formula is C23H27ClN2O6S. The molecule has 3 rings (SSSR count). The highest BCUT2D eigenvalue weighted by molar-refractivity contribution is 7.89. The van der Waals surface area contributed by atoms with Gasteiger partial charge in [0.25, 0.3) is 0 Å². The van der Waals surface area contributed by atoms with Crippen molar-refractivity contribution in [3.05, 3.63) is 53.1 Å². The van der Waals surface area contributed by atoms with E-state index in [0.717, 1.165) is 19.3 Å². The molecule has 1 aliphatic carbocycles. The van der Waals surface area contributed by atoms with Crippen LogP contribution >= 0.6 is 11.6 Å². The van der Waals surface area contributed by atoms with Crippen molar-refractivity contribution in [1.82, 2.24) is 4.31 Å². The smallest absolute Gasteiger partial charge is 0.337 e. The van der Waals surface area contributed by atoms with Gasteiger partial charge in [-0.05, 0) is 55.3 Å². The summed E-state index contributed by atoms with van der Waals surface area (Å²) >= 11 is 6.04. The molecule has 0 unspecified atom stereocenters. The van der Waals surface area contributed by atoms with E-state index in [1.54, 1.807) is 18.2 Å². The van der Waals surface area contributed by atoms with Gasteiger partial charge in [0, 0.05) is 11.1 Å². The molecule has 0 bridgehead atoms. The molecule has 2 aromatic carbocycles. The molecule has 0 aromatic heterocycles. The average Bonchev–Trinajstić information content (AvgIpc) is 2.82. The first-order valence-corrected chi connectivity index (χ1v) is 12.4. The van der Waals surface area contributed by atoms with Gasteiger partial charge in [-0.3, -0.25) is 4.79 Å². The third-order valence-electron chi connectivity index (χ3n) is 5.60. The van der Waals surface area contributed by atoms with E-state index in [0.29, 0.717) is 29.3 Å². The van der Waals surface area contributed by atoms with E-state index in [1.165, 1.54) is 42.8 Å². The second-order valence-corrected chi connectivity index (χ2v) is 10.1. The van der Waals surface area contributed by atoms with Crippen LogP contribution in [0, 0.1) is 0 Å². The molecule has 0 saturated heterocycles. The van der Waals surface area contributed by atoms with Gasteiger partial charge < -0.3 is 14.8 Å². The lowest BCUT2D eigenvalue weighted by Crippen LogP contribution is -2.45. The number of sulfonamides is 1. The number of ether oxygens (including phenoxy) is 2. The van der Waals surface area contributed by atoms with E-state index in [1.807, 2.05) is 0 Å². The summed E-state index contributed by atoms with van der Waals surface area (Å²) in [6, 6.07) is 10.0. The summed E-state index contributed by atoms with van der Waals surface area (Å²) in [6.45, 7) is -0.360. The number of methoxy groups -OCH3 is 2. The van der Waals surface area contributed by atoms with E-state index in [-0.39, 0.29) is 23.0 Å². The second-order valence-electron chi connectivity index (χ2n) is 7.75. The van der Waals surface area contributed by atoms with Crippen molar-refractivity contribution in [3.8, 4) is 5.75 Å². The van der Waals surface area contributed by atoms with Gasteiger partial charge >= 0.3 is 5.97 Å². The van der Waals surface area contributed by atoms with Gasteiger partial charge in [-0.25, -0.2) is 13.2 Å². The summed E-state index contributed by atoms with van der Waals surface area (Å²) in [7, 11) is -1.27. The Morgan fingerprint density at radius 1 is 1.06 bits per heavy atom. The minimum absolute atomic E-state index is 0.00821. The Bertz CT molecular complexity index is 1100. The molecule has 0 atom stereocenters. The van der Waals surface area contributed by atoms with E-state index >= 15 is 0 Å². The summed E-state index contributed by atoms with van der Waals surface area (Å²) in [6.07, 6.45) is 4.16. The summed E-state index contributed by atoms with van der Waals surface area (Å²) in [5, 5.41) is 3.12. The summed E-state index contributed by atoms with van der Waals surface area (Å²) in [5.74, 6) is -0.646. The summed E-state index contributed by atoms with van der Waals surface area (Å²) in [5.41, 5.74) is 0.602. The minimum atomic E-state index is -4.00. The van der Waals surface area contributed by atoms with Gasteiger partial charge in [-0.1, -0.05) is 30.9 Å². The molecule has 1 fully saturated rings. The Labute approximate surface area is 198 Å². The molecule has 0 aliphatic heterocycles. The third kappa shape index (κ3) is 6.04. The molecule has 10 heteroatoms. The molecule has 1 N–H and O–H groups in total. The fourth-order valence-corrected chi connectivity index (χ4v) is 5.72. The van der Waals surface area contributed by atoms with Crippen LogP contribution < -0.4 is 10.1 Å². The van der Waals surface area contributed by atoms with Crippen molar-refractivity contribution in [1.29, 1.82) is 0 Å². The molecule has 2 aromatic rings. The zero-order valence-corrected chi connectivity index (χ0v) is 20.1. The molecule has 0 radical (unpaired) electrons. The maximum atomic E-state index is 13.5. The van der Waals surface area contributed by atoms with Gasteiger partial charge in [0.05, 0.1) is 36.9 Å². The van der Waals surface area contributed by atoms with E-state index in [4.69, 9.17) is 16.3 Å². The number of nitrogens with one attached hydrogen (secondary N) is 1. The monoisotopic (exact) mass is 494 g/mol. The molecule has 33 heavy (non-hydrogen) atoms. The van der Waals surface area contributed by atoms with Crippen molar-refractivity contribution in [2.75, 3.05) is 26.1 Å². The first-order valence-electron chi connectivity index (χ1n) is 10.6. The van der Waals surface area contributed by atoms with Crippen LogP contribution in [0.4, 0.5) is 5.69 Å². The lowest BCUT2D eigenvalue weighted by atomic mass is 9.95. The molecular weight excluding hydrogens is 468 g/mol. The number of hydrogen-bond acceptors (Lipinski definition) is 6. The zero-order valence-electron chi connectivity index (χ0n) is 18.5. The predicted molar refractivity (Wildman–Crippen MR) is 125 cm³/mol. The number of carbonyl (C=O) groups is 2. The largest absolute Gasteiger partial charge is 0.495 e. The third-order valence-corrected chi connectivity index (χ3v) is 7.75. The van der Waals surface area contributed by atoms with Crippen molar-refractivity contribution >= 4 is 39.2 Å². The van der Waals surface area contributed by atoms with Crippen molar-refractivity contribution < 1.29 is 27.5 Å². The molecule has 178 valence electrons. The molecule has 8 nitrogen and oxygen atoms in total. The second kappa shape index (κ2) is 11.0. The van der Waals surface area contributed by atoms with Crippen LogP contribution in [0.2, 0.25) is 5.02 Å². The van der Waals surface area contributed by atoms with E-state index in [2.05, 4.69) is 10.1 Å². The standard InChI is InChI=1S/C23H27ClN2O6S/c1-31-21-13-10-17(24)14-20(21)25-22(27)15-26(18-6-4-3-5-7-18)33(29,30)19-11-8-16(9-12-19)23(28)32-2/h8-14,18H,3-7,15H2,1-2H3,(H,25,27). The van der Waals surface area contributed by atoms with Gasteiger partial charge in [0.2, 0.25) is 15.9 Å². The Kier molecular flexibility index (Phi) is 8.34. The predicted octanol–water partition coefficient (Wildman–Crippen LogP) is 4.10. The number of anilines is 1. The zero-order chi connectivity index (χ0) is 24.0. The number of amides is 1.